The second kappa shape index (κ2) is 7.31. The van der Waals surface area contributed by atoms with Gasteiger partial charge in [0.2, 0.25) is 0 Å². The zero-order valence-corrected chi connectivity index (χ0v) is 17.0. The Kier molecular flexibility index (Phi) is 4.58. The molecule has 1 aliphatic rings. The lowest BCUT2D eigenvalue weighted by Gasteiger charge is -2.20. The van der Waals surface area contributed by atoms with Crippen molar-refractivity contribution in [1.82, 2.24) is 29.5 Å². The van der Waals surface area contributed by atoms with Gasteiger partial charge in [-0.3, -0.25) is 9.08 Å². The van der Waals surface area contributed by atoms with Gasteiger partial charge in [-0.05, 0) is 12.1 Å². The van der Waals surface area contributed by atoms with E-state index in [1.54, 1.807) is 36.3 Å². The number of hydrogen-bond donors (Lipinski definition) is 2. The first kappa shape index (κ1) is 19.4. The van der Waals surface area contributed by atoms with Gasteiger partial charge in [0.15, 0.2) is 0 Å². The summed E-state index contributed by atoms with van der Waals surface area (Å²) >= 11 is 0. The normalized spacial score (nSPS) is 17.9. The number of aromatic nitrogens is 5. The van der Waals surface area contributed by atoms with Crippen molar-refractivity contribution in [3.05, 3.63) is 49.1 Å². The molecule has 160 valence electrons. The quantitative estimate of drug-likeness (QED) is 0.512. The molecular weight excluding hydrogens is 404 g/mol. The summed E-state index contributed by atoms with van der Waals surface area (Å²) in [6.07, 6.45) is 7.29. The highest BCUT2D eigenvalue weighted by atomic mass is 19.3. The maximum Gasteiger partial charge on any atom is 0.281 e. The first-order valence-corrected chi connectivity index (χ1v) is 9.81. The highest BCUT2D eigenvalue weighted by Crippen LogP contribution is 2.33. The minimum Gasteiger partial charge on any atom is -0.496 e. The maximum atomic E-state index is 14.0. The van der Waals surface area contributed by atoms with Gasteiger partial charge in [-0.15, -0.1) is 0 Å². The van der Waals surface area contributed by atoms with Crippen molar-refractivity contribution in [3.63, 3.8) is 0 Å². The smallest absolute Gasteiger partial charge is 0.281 e. The van der Waals surface area contributed by atoms with Crippen LogP contribution in [0, 0.1) is 0 Å². The Morgan fingerprint density at radius 1 is 1.26 bits per heavy atom. The van der Waals surface area contributed by atoms with E-state index >= 15 is 0 Å². The number of hydrogen-bond acceptors (Lipinski definition) is 6. The molecule has 8 nitrogen and oxygen atoms in total. The lowest BCUT2D eigenvalue weighted by molar-refractivity contribution is 0.0138. The summed E-state index contributed by atoms with van der Waals surface area (Å²) in [7, 11) is 3.46. The topological polar surface area (TPSA) is 81.3 Å². The summed E-state index contributed by atoms with van der Waals surface area (Å²) in [5, 5.41) is 9.80. The first-order valence-electron chi connectivity index (χ1n) is 9.81. The lowest BCUT2D eigenvalue weighted by Crippen LogP contribution is -2.38. The average Bonchev–Trinajstić information content (AvgIpc) is 3.45. The van der Waals surface area contributed by atoms with Gasteiger partial charge >= 0.3 is 0 Å². The van der Waals surface area contributed by atoms with Crippen LogP contribution in [0.25, 0.3) is 28.2 Å². The van der Waals surface area contributed by atoms with Crippen LogP contribution in [0.15, 0.2) is 49.1 Å². The van der Waals surface area contributed by atoms with E-state index in [0.717, 1.165) is 16.8 Å². The van der Waals surface area contributed by atoms with Crippen LogP contribution in [0.4, 0.5) is 14.6 Å². The van der Waals surface area contributed by atoms with E-state index in [1.807, 2.05) is 36.0 Å². The van der Waals surface area contributed by atoms with Gasteiger partial charge in [0.1, 0.15) is 23.3 Å². The Balaban J connectivity index is 1.55. The number of nitrogens with zero attached hydrogens (tertiary/aromatic N) is 5. The van der Waals surface area contributed by atoms with E-state index < -0.39 is 12.0 Å². The summed E-state index contributed by atoms with van der Waals surface area (Å²) in [6.45, 7) is -0.153. The average molecular weight is 425 g/mol. The van der Waals surface area contributed by atoms with Crippen LogP contribution >= 0.6 is 0 Å². The summed E-state index contributed by atoms with van der Waals surface area (Å²) < 4.78 is 37.1. The monoisotopic (exact) mass is 425 g/mol. The van der Waals surface area contributed by atoms with E-state index in [0.29, 0.717) is 22.9 Å². The molecule has 0 aliphatic carbocycles. The molecule has 2 N–H and O–H groups in total. The summed E-state index contributed by atoms with van der Waals surface area (Å²) in [6, 6.07) is 6.15. The highest BCUT2D eigenvalue weighted by molar-refractivity contribution is 5.73. The lowest BCUT2D eigenvalue weighted by atomic mass is 10.1. The second-order valence-corrected chi connectivity index (χ2v) is 7.53. The number of anilines is 1. The fraction of sp³-hybridized carbons (Fsp3) is 0.286. The summed E-state index contributed by atoms with van der Waals surface area (Å²) in [5.41, 5.74) is 3.80. The number of pyridine rings is 2. The fourth-order valence-electron chi connectivity index (χ4n) is 3.79. The number of rotatable bonds is 5. The molecule has 4 aromatic heterocycles. The summed E-state index contributed by atoms with van der Waals surface area (Å²) in [5.74, 6) is -1.75. The van der Waals surface area contributed by atoms with Gasteiger partial charge in [0, 0.05) is 43.2 Å². The molecule has 1 fully saturated rings. The number of fused-ring (bicyclic) bond motifs is 1. The molecule has 4 aromatic rings. The third-order valence-corrected chi connectivity index (χ3v) is 5.40. The number of nitrogens with one attached hydrogen (secondary N) is 2. The molecule has 1 atom stereocenters. The van der Waals surface area contributed by atoms with E-state index in [9.17, 15) is 8.78 Å². The van der Waals surface area contributed by atoms with E-state index in [4.69, 9.17) is 4.74 Å². The number of imidazole rings is 1. The Morgan fingerprint density at radius 2 is 2.13 bits per heavy atom. The van der Waals surface area contributed by atoms with Crippen molar-refractivity contribution >= 4 is 11.5 Å². The van der Waals surface area contributed by atoms with Crippen molar-refractivity contribution in [1.29, 1.82) is 0 Å². The minimum absolute atomic E-state index is 0.183. The fourth-order valence-corrected chi connectivity index (χ4v) is 3.79. The third-order valence-electron chi connectivity index (χ3n) is 5.40. The molecule has 0 bridgehead atoms. The zero-order chi connectivity index (χ0) is 21.6. The van der Waals surface area contributed by atoms with Crippen LogP contribution < -0.4 is 15.4 Å². The molecule has 0 aromatic carbocycles. The predicted molar refractivity (Wildman–Crippen MR) is 112 cm³/mol. The highest BCUT2D eigenvalue weighted by Gasteiger charge is 2.44. The van der Waals surface area contributed by atoms with Crippen LogP contribution in [0.3, 0.4) is 0 Å². The number of aryl methyl sites for hydroxylation is 1. The third kappa shape index (κ3) is 3.48. The summed E-state index contributed by atoms with van der Waals surface area (Å²) in [4.78, 5) is 9.03. The Labute approximate surface area is 176 Å². The molecule has 1 aliphatic heterocycles. The molecule has 5 heterocycles. The van der Waals surface area contributed by atoms with E-state index in [-0.39, 0.29) is 13.1 Å². The van der Waals surface area contributed by atoms with E-state index in [2.05, 4.69) is 25.7 Å². The molecule has 1 saturated heterocycles. The van der Waals surface area contributed by atoms with Crippen molar-refractivity contribution in [2.45, 2.75) is 12.0 Å². The van der Waals surface area contributed by atoms with Gasteiger partial charge < -0.3 is 15.4 Å². The molecule has 10 heteroatoms. The SMILES string of the molecule is COc1cc2ncc(-c3cccc(NC4CNCC4(F)F)n3)n2cc1-c1cnn(C)c1. The standard InChI is InChI=1S/C21H21F2N7O/c1-29-10-13(7-26-29)14-11-30-16(8-25-20(30)6-17(14)31-2)15-4-3-5-19(27-15)28-18-9-24-12-21(18,22)23/h3-8,10-11,18,24H,9,12H2,1-2H3,(H,27,28). The first-order chi connectivity index (χ1) is 14.9. The van der Waals surface area contributed by atoms with Crippen LogP contribution in [0.1, 0.15) is 0 Å². The molecule has 5 rings (SSSR count). The number of methoxy groups -OCH3 is 1. The number of ether oxygens (including phenoxy) is 1. The number of halogens is 2. The molecule has 0 amide bonds. The minimum atomic E-state index is -2.82. The van der Waals surface area contributed by atoms with Crippen LogP contribution in [-0.4, -0.2) is 56.3 Å². The molecule has 0 saturated carbocycles. The zero-order valence-electron chi connectivity index (χ0n) is 17.0. The molecule has 0 radical (unpaired) electrons. The largest absolute Gasteiger partial charge is 0.496 e. The van der Waals surface area contributed by atoms with E-state index in [1.165, 1.54) is 0 Å². The molecule has 31 heavy (non-hydrogen) atoms. The number of alkyl halides is 2. The van der Waals surface area contributed by atoms with Crippen molar-refractivity contribution in [3.8, 4) is 28.3 Å². The Hall–Kier alpha value is -3.53. The maximum absolute atomic E-state index is 14.0. The molecule has 0 spiro atoms. The molecular formula is C21H21F2N7O. The van der Waals surface area contributed by atoms with Gasteiger partial charge in [-0.2, -0.15) is 5.10 Å². The van der Waals surface area contributed by atoms with Crippen LogP contribution in [0.5, 0.6) is 5.75 Å². The molecule has 1 unspecified atom stereocenters. The van der Waals surface area contributed by atoms with Gasteiger partial charge in [-0.1, -0.05) is 6.07 Å². The predicted octanol–water partition coefficient (Wildman–Crippen LogP) is 2.82. The van der Waals surface area contributed by atoms with Crippen molar-refractivity contribution in [2.24, 2.45) is 7.05 Å². The Morgan fingerprint density at radius 3 is 2.84 bits per heavy atom. The van der Waals surface area contributed by atoms with Crippen molar-refractivity contribution < 1.29 is 13.5 Å². The van der Waals surface area contributed by atoms with Crippen LogP contribution in [-0.2, 0) is 7.05 Å². The van der Waals surface area contributed by atoms with Gasteiger partial charge in [-0.25, -0.2) is 18.7 Å². The van der Waals surface area contributed by atoms with Crippen LogP contribution in [0.2, 0.25) is 0 Å². The Bertz CT molecular complexity index is 1250. The van der Waals surface area contributed by atoms with Gasteiger partial charge in [0.05, 0.1) is 37.4 Å². The van der Waals surface area contributed by atoms with Crippen molar-refractivity contribution in [2.75, 3.05) is 25.5 Å². The van der Waals surface area contributed by atoms with Gasteiger partial charge in [0.25, 0.3) is 5.92 Å². The second-order valence-electron chi connectivity index (χ2n) is 7.53.